The molecular weight excluding hydrogens is 267 g/mol. The first-order valence-electron chi connectivity index (χ1n) is 6.11. The van der Waals surface area contributed by atoms with E-state index in [9.17, 15) is 4.39 Å². The number of halogens is 2. The van der Waals surface area contributed by atoms with Gasteiger partial charge in [0, 0.05) is 6.54 Å². The molecule has 102 valence electrons. The van der Waals surface area contributed by atoms with Crippen molar-refractivity contribution in [3.8, 4) is 11.4 Å². The van der Waals surface area contributed by atoms with Crippen molar-refractivity contribution >= 4 is 11.6 Å². The zero-order chi connectivity index (χ0) is 14.0. The first-order valence-corrected chi connectivity index (χ1v) is 6.49. The van der Waals surface area contributed by atoms with E-state index < -0.39 is 5.82 Å². The third-order valence-electron chi connectivity index (χ3n) is 2.75. The zero-order valence-electron chi connectivity index (χ0n) is 10.9. The molecule has 0 atom stereocenters. The van der Waals surface area contributed by atoms with Crippen LogP contribution in [0.25, 0.3) is 11.4 Å². The lowest BCUT2D eigenvalue weighted by atomic mass is 10.1. The van der Waals surface area contributed by atoms with Gasteiger partial charge in [-0.15, -0.1) is 10.2 Å². The van der Waals surface area contributed by atoms with E-state index in [-0.39, 0.29) is 11.6 Å². The monoisotopic (exact) mass is 282 g/mol. The second kappa shape index (κ2) is 5.67. The molecule has 2 rings (SSSR count). The number of hydrogen-bond acceptors (Lipinski definition) is 3. The van der Waals surface area contributed by atoms with Gasteiger partial charge in [0.2, 0.25) is 0 Å². The minimum Gasteiger partial charge on any atom is -0.324 e. The summed E-state index contributed by atoms with van der Waals surface area (Å²) in [4.78, 5) is 0. The molecule has 0 saturated carbocycles. The topological polar surface area (TPSA) is 56.7 Å². The van der Waals surface area contributed by atoms with Gasteiger partial charge in [0.05, 0.1) is 17.1 Å². The summed E-state index contributed by atoms with van der Waals surface area (Å²) in [5.74, 6) is 1.00. The second-order valence-electron chi connectivity index (χ2n) is 4.75. The lowest BCUT2D eigenvalue weighted by molar-refractivity contribution is 0.509. The summed E-state index contributed by atoms with van der Waals surface area (Å²) in [5.41, 5.74) is 5.99. The molecule has 0 radical (unpaired) electrons. The van der Waals surface area contributed by atoms with Crippen LogP contribution in [0.4, 0.5) is 4.39 Å². The maximum Gasteiger partial charge on any atom is 0.167 e. The van der Waals surface area contributed by atoms with Crippen LogP contribution in [0, 0.1) is 11.7 Å². The Morgan fingerprint density at radius 3 is 2.74 bits per heavy atom. The molecule has 0 amide bonds. The highest BCUT2D eigenvalue weighted by atomic mass is 35.5. The Morgan fingerprint density at radius 1 is 1.37 bits per heavy atom. The third kappa shape index (κ3) is 2.77. The van der Waals surface area contributed by atoms with Crippen molar-refractivity contribution in [2.45, 2.75) is 26.9 Å². The van der Waals surface area contributed by atoms with Gasteiger partial charge in [0.1, 0.15) is 5.82 Å². The number of rotatable bonds is 4. The van der Waals surface area contributed by atoms with Gasteiger partial charge in [0.15, 0.2) is 11.6 Å². The summed E-state index contributed by atoms with van der Waals surface area (Å²) in [5, 5.41) is 8.13. The highest BCUT2D eigenvalue weighted by molar-refractivity contribution is 6.31. The molecular formula is C13H16ClFN4. The fraction of sp³-hybridized carbons (Fsp3) is 0.385. The standard InChI is InChI=1S/C13H16ClFN4/c1-8(2)7-19-11(6-16)17-18-13(19)9-4-3-5-10(14)12(9)15/h3-5,8H,6-7,16H2,1-2H3. The molecule has 0 aliphatic carbocycles. The molecule has 0 bridgehead atoms. The molecule has 6 heteroatoms. The molecule has 0 unspecified atom stereocenters. The van der Waals surface area contributed by atoms with Gasteiger partial charge >= 0.3 is 0 Å². The molecule has 0 aliphatic rings. The molecule has 4 nitrogen and oxygen atoms in total. The normalized spacial score (nSPS) is 11.3. The second-order valence-corrected chi connectivity index (χ2v) is 5.16. The van der Waals surface area contributed by atoms with E-state index in [0.29, 0.717) is 29.7 Å². The van der Waals surface area contributed by atoms with Crippen molar-refractivity contribution in [3.05, 3.63) is 34.9 Å². The van der Waals surface area contributed by atoms with E-state index in [1.54, 1.807) is 12.1 Å². The molecule has 0 saturated heterocycles. The van der Waals surface area contributed by atoms with Crippen molar-refractivity contribution in [2.24, 2.45) is 11.7 Å². The molecule has 2 aromatic rings. The number of benzene rings is 1. The van der Waals surface area contributed by atoms with Crippen LogP contribution in [-0.2, 0) is 13.1 Å². The average molecular weight is 283 g/mol. The van der Waals surface area contributed by atoms with E-state index in [2.05, 4.69) is 24.0 Å². The Hall–Kier alpha value is -1.46. The predicted octanol–water partition coefficient (Wildman–Crippen LogP) is 2.85. The van der Waals surface area contributed by atoms with Crippen LogP contribution >= 0.6 is 11.6 Å². The Balaban J connectivity index is 2.55. The van der Waals surface area contributed by atoms with Gasteiger partial charge in [-0.3, -0.25) is 0 Å². The molecule has 0 spiro atoms. The van der Waals surface area contributed by atoms with Gasteiger partial charge < -0.3 is 10.3 Å². The minimum atomic E-state index is -0.481. The lowest BCUT2D eigenvalue weighted by Gasteiger charge is -2.12. The number of aromatic nitrogens is 3. The Morgan fingerprint density at radius 2 is 2.11 bits per heavy atom. The summed E-state index contributed by atoms with van der Waals surface area (Å²) in [6, 6.07) is 4.84. The van der Waals surface area contributed by atoms with Crippen molar-refractivity contribution in [3.63, 3.8) is 0 Å². The minimum absolute atomic E-state index is 0.0749. The SMILES string of the molecule is CC(C)Cn1c(CN)nnc1-c1cccc(Cl)c1F. The lowest BCUT2D eigenvalue weighted by Crippen LogP contribution is -2.13. The van der Waals surface area contributed by atoms with Crippen molar-refractivity contribution in [1.29, 1.82) is 0 Å². The van der Waals surface area contributed by atoms with Crippen molar-refractivity contribution in [1.82, 2.24) is 14.8 Å². The van der Waals surface area contributed by atoms with Crippen LogP contribution in [0.2, 0.25) is 5.02 Å². The summed E-state index contributed by atoms with van der Waals surface area (Å²) in [6.45, 7) is 5.08. The highest BCUT2D eigenvalue weighted by Crippen LogP contribution is 2.27. The average Bonchev–Trinajstić information content (AvgIpc) is 2.75. The van der Waals surface area contributed by atoms with E-state index in [1.807, 2.05) is 4.57 Å². The molecule has 1 heterocycles. The summed E-state index contributed by atoms with van der Waals surface area (Å²) >= 11 is 5.81. The largest absolute Gasteiger partial charge is 0.324 e. The van der Waals surface area contributed by atoms with Gasteiger partial charge in [-0.1, -0.05) is 31.5 Å². The first kappa shape index (κ1) is 14.0. The summed E-state index contributed by atoms with van der Waals surface area (Å²) in [7, 11) is 0. The highest BCUT2D eigenvalue weighted by Gasteiger charge is 2.18. The zero-order valence-corrected chi connectivity index (χ0v) is 11.7. The van der Waals surface area contributed by atoms with E-state index in [0.717, 1.165) is 0 Å². The fourth-order valence-corrected chi connectivity index (χ4v) is 2.09. The molecule has 19 heavy (non-hydrogen) atoms. The third-order valence-corrected chi connectivity index (χ3v) is 3.04. The van der Waals surface area contributed by atoms with Gasteiger partial charge in [-0.05, 0) is 18.1 Å². The maximum atomic E-state index is 14.1. The van der Waals surface area contributed by atoms with Crippen LogP contribution in [0.5, 0.6) is 0 Å². The van der Waals surface area contributed by atoms with Gasteiger partial charge in [0.25, 0.3) is 0 Å². The van der Waals surface area contributed by atoms with Crippen molar-refractivity contribution < 1.29 is 4.39 Å². The Kier molecular flexibility index (Phi) is 4.17. The van der Waals surface area contributed by atoms with Crippen molar-refractivity contribution in [2.75, 3.05) is 0 Å². The van der Waals surface area contributed by atoms with Crippen LogP contribution < -0.4 is 5.73 Å². The quantitative estimate of drug-likeness (QED) is 0.938. The summed E-state index contributed by atoms with van der Waals surface area (Å²) in [6.07, 6.45) is 0. The predicted molar refractivity (Wildman–Crippen MR) is 73.2 cm³/mol. The van der Waals surface area contributed by atoms with Crippen LogP contribution in [-0.4, -0.2) is 14.8 Å². The van der Waals surface area contributed by atoms with Crippen LogP contribution in [0.1, 0.15) is 19.7 Å². The fourth-order valence-electron chi connectivity index (χ4n) is 1.92. The molecule has 1 aromatic heterocycles. The molecule has 0 fully saturated rings. The van der Waals surface area contributed by atoms with Crippen LogP contribution in [0.3, 0.4) is 0 Å². The maximum absolute atomic E-state index is 14.1. The van der Waals surface area contributed by atoms with Gasteiger partial charge in [-0.25, -0.2) is 4.39 Å². The smallest absolute Gasteiger partial charge is 0.167 e. The van der Waals surface area contributed by atoms with E-state index in [4.69, 9.17) is 17.3 Å². The van der Waals surface area contributed by atoms with Gasteiger partial charge in [-0.2, -0.15) is 0 Å². The molecule has 1 aromatic carbocycles. The Bertz CT molecular complexity index is 580. The molecule has 2 N–H and O–H groups in total. The van der Waals surface area contributed by atoms with E-state index in [1.165, 1.54) is 6.07 Å². The van der Waals surface area contributed by atoms with Crippen LogP contribution in [0.15, 0.2) is 18.2 Å². The van der Waals surface area contributed by atoms with E-state index >= 15 is 0 Å². The number of nitrogens with zero attached hydrogens (tertiary/aromatic N) is 3. The Labute approximate surface area is 116 Å². The number of hydrogen-bond donors (Lipinski definition) is 1. The summed E-state index contributed by atoms with van der Waals surface area (Å²) < 4.78 is 15.9. The molecule has 0 aliphatic heterocycles. The number of nitrogens with two attached hydrogens (primary N) is 1. The first-order chi connectivity index (χ1) is 9.04.